The van der Waals surface area contributed by atoms with Crippen molar-refractivity contribution in [3.8, 4) is 0 Å². The largest absolute Gasteiger partial charge is 0.303 e. The summed E-state index contributed by atoms with van der Waals surface area (Å²) in [5.41, 5.74) is 0. The highest BCUT2D eigenvalue weighted by molar-refractivity contribution is 5.22. The van der Waals surface area contributed by atoms with Gasteiger partial charge in [0.2, 0.25) is 0 Å². The van der Waals surface area contributed by atoms with Crippen molar-refractivity contribution in [3.05, 3.63) is 34.8 Å². The fraction of sp³-hybridized carbons (Fsp3) is 0.562. The van der Waals surface area contributed by atoms with E-state index in [1.807, 2.05) is 29.5 Å². The average molecular weight is 273 g/mol. The summed E-state index contributed by atoms with van der Waals surface area (Å²) in [5.74, 6) is 0. The van der Waals surface area contributed by atoms with Crippen LogP contribution in [0.3, 0.4) is 0 Å². The smallest absolute Gasteiger partial charge is 0.135 e. The number of benzene rings is 1. The molecule has 0 aliphatic carbocycles. The Kier molecular flexibility index (Phi) is 4.66. The van der Waals surface area contributed by atoms with Gasteiger partial charge in [0, 0.05) is 18.0 Å². The van der Waals surface area contributed by atoms with E-state index in [0.29, 0.717) is 6.67 Å². The highest BCUT2D eigenvalue weighted by Crippen LogP contribution is 2.08. The number of rotatable bonds is 5. The number of piperidine rings is 1. The van der Waals surface area contributed by atoms with Crippen LogP contribution in [0.15, 0.2) is 29.3 Å². The van der Waals surface area contributed by atoms with E-state index >= 15 is 0 Å². The van der Waals surface area contributed by atoms with Gasteiger partial charge < -0.3 is 4.90 Å². The van der Waals surface area contributed by atoms with Crippen LogP contribution in [-0.2, 0) is 4.84 Å². The Morgan fingerprint density at radius 1 is 1.10 bits per heavy atom. The van der Waals surface area contributed by atoms with Gasteiger partial charge in [-0.3, -0.25) is 9.83 Å². The van der Waals surface area contributed by atoms with Crippen LogP contribution in [0.4, 0.5) is 0 Å². The molecule has 0 bridgehead atoms. The maximum absolute atomic E-state index is 5.79. The second kappa shape index (κ2) is 6.86. The van der Waals surface area contributed by atoms with Crippen molar-refractivity contribution in [2.75, 3.05) is 32.9 Å². The van der Waals surface area contributed by atoms with E-state index < -0.39 is 0 Å². The summed E-state index contributed by atoms with van der Waals surface area (Å²) in [7, 11) is 0. The maximum atomic E-state index is 5.79. The third-order valence-corrected chi connectivity index (χ3v) is 3.92. The molecule has 0 radical (unpaired) electrons. The van der Waals surface area contributed by atoms with Crippen LogP contribution >= 0.6 is 0 Å². The molecule has 2 aliphatic heterocycles. The fourth-order valence-corrected chi connectivity index (χ4v) is 2.81. The summed E-state index contributed by atoms with van der Waals surface area (Å²) < 4.78 is 0. The Labute approximate surface area is 120 Å². The minimum absolute atomic E-state index is 0.598. The normalized spacial score (nSPS) is 19.1. The molecule has 4 heteroatoms. The van der Waals surface area contributed by atoms with Crippen LogP contribution < -0.4 is 10.6 Å². The van der Waals surface area contributed by atoms with Gasteiger partial charge in [-0.15, -0.1) is 0 Å². The fourth-order valence-electron chi connectivity index (χ4n) is 2.81. The number of hydrogen-bond donors (Lipinski definition) is 0. The molecule has 1 saturated heterocycles. The topological polar surface area (TPSA) is 28.1 Å². The molecule has 0 aromatic heterocycles. The molecular formula is C16H23N3O. The van der Waals surface area contributed by atoms with Gasteiger partial charge in [0.25, 0.3) is 0 Å². The Bertz CT molecular complexity index is 537. The van der Waals surface area contributed by atoms with Crippen molar-refractivity contribution >= 4 is 6.20 Å². The first-order valence-corrected chi connectivity index (χ1v) is 7.65. The van der Waals surface area contributed by atoms with Crippen LogP contribution in [0.5, 0.6) is 0 Å². The first-order valence-electron chi connectivity index (χ1n) is 7.65. The number of hydroxylamine groups is 2. The standard InChI is InChI=1S/C16H23N3O/c1-4-9-18(10-5-1)11-6-12-20-19-13-15-7-2-3-8-16(15)17-14-19/h2-3,7-8,13H,1,4-6,9-12,14H2. The molecule has 4 nitrogen and oxygen atoms in total. The van der Waals surface area contributed by atoms with Gasteiger partial charge >= 0.3 is 0 Å². The van der Waals surface area contributed by atoms with Crippen LogP contribution in [0.2, 0.25) is 0 Å². The Morgan fingerprint density at radius 2 is 1.95 bits per heavy atom. The van der Waals surface area contributed by atoms with Crippen molar-refractivity contribution in [3.63, 3.8) is 0 Å². The van der Waals surface area contributed by atoms with Gasteiger partial charge in [0.15, 0.2) is 0 Å². The lowest BCUT2D eigenvalue weighted by atomic mass is 10.1. The predicted octanol–water partition coefficient (Wildman–Crippen LogP) is 1.12. The highest BCUT2D eigenvalue weighted by Gasteiger charge is 2.09. The number of fused-ring (bicyclic) bond motifs is 1. The van der Waals surface area contributed by atoms with Gasteiger partial charge in [-0.25, -0.2) is 5.06 Å². The number of likely N-dealkylation sites (tertiary alicyclic amines) is 1. The Hall–Kier alpha value is -1.39. The predicted molar refractivity (Wildman–Crippen MR) is 79.3 cm³/mol. The van der Waals surface area contributed by atoms with Crippen LogP contribution in [0.1, 0.15) is 25.7 Å². The van der Waals surface area contributed by atoms with Crippen LogP contribution in [0.25, 0.3) is 6.20 Å². The maximum Gasteiger partial charge on any atom is 0.135 e. The molecule has 0 spiro atoms. The van der Waals surface area contributed by atoms with E-state index in [0.717, 1.165) is 30.1 Å². The number of hydrogen-bond acceptors (Lipinski definition) is 4. The van der Waals surface area contributed by atoms with Gasteiger partial charge in [0.1, 0.15) is 6.67 Å². The summed E-state index contributed by atoms with van der Waals surface area (Å²) in [5, 5.41) is 4.04. The lowest BCUT2D eigenvalue weighted by Crippen LogP contribution is -2.36. The summed E-state index contributed by atoms with van der Waals surface area (Å²) >= 11 is 0. The van der Waals surface area contributed by atoms with E-state index in [-0.39, 0.29) is 0 Å². The van der Waals surface area contributed by atoms with Crippen LogP contribution in [0, 0.1) is 0 Å². The zero-order chi connectivity index (χ0) is 13.6. The van der Waals surface area contributed by atoms with E-state index in [2.05, 4.69) is 16.0 Å². The zero-order valence-corrected chi connectivity index (χ0v) is 12.0. The molecule has 20 heavy (non-hydrogen) atoms. The lowest BCUT2D eigenvalue weighted by Gasteiger charge is -2.26. The van der Waals surface area contributed by atoms with Crippen molar-refractivity contribution in [2.45, 2.75) is 25.7 Å². The van der Waals surface area contributed by atoms with Crippen LogP contribution in [-0.4, -0.2) is 42.9 Å². The summed E-state index contributed by atoms with van der Waals surface area (Å²) in [6.45, 7) is 5.05. The first kappa shape index (κ1) is 13.6. The van der Waals surface area contributed by atoms with E-state index in [1.165, 1.54) is 32.4 Å². The number of nitrogens with zero attached hydrogens (tertiary/aromatic N) is 3. The van der Waals surface area contributed by atoms with Crippen molar-refractivity contribution in [1.82, 2.24) is 9.96 Å². The number of para-hydroxylation sites is 1. The summed E-state index contributed by atoms with van der Waals surface area (Å²) in [6, 6.07) is 8.16. The van der Waals surface area contributed by atoms with E-state index in [9.17, 15) is 0 Å². The molecule has 2 heterocycles. The molecule has 0 saturated carbocycles. The second-order valence-corrected chi connectivity index (χ2v) is 5.49. The molecular weight excluding hydrogens is 250 g/mol. The molecule has 0 atom stereocenters. The minimum atomic E-state index is 0.598. The molecule has 2 aliphatic rings. The molecule has 0 amide bonds. The second-order valence-electron chi connectivity index (χ2n) is 5.49. The van der Waals surface area contributed by atoms with E-state index in [4.69, 9.17) is 4.84 Å². The Morgan fingerprint density at radius 3 is 2.85 bits per heavy atom. The van der Waals surface area contributed by atoms with Gasteiger partial charge in [-0.05, 0) is 38.4 Å². The molecule has 108 valence electrons. The minimum Gasteiger partial charge on any atom is -0.303 e. The summed E-state index contributed by atoms with van der Waals surface area (Å²) in [6.07, 6.45) is 7.25. The molecule has 0 unspecified atom stereocenters. The van der Waals surface area contributed by atoms with Crippen molar-refractivity contribution in [2.24, 2.45) is 4.99 Å². The first-order chi connectivity index (χ1) is 9.92. The zero-order valence-electron chi connectivity index (χ0n) is 12.0. The monoisotopic (exact) mass is 273 g/mol. The Balaban J connectivity index is 1.42. The molecule has 1 aromatic rings. The third-order valence-electron chi connectivity index (χ3n) is 3.92. The quantitative estimate of drug-likeness (QED) is 0.753. The molecule has 1 fully saturated rings. The van der Waals surface area contributed by atoms with Crippen molar-refractivity contribution < 1.29 is 4.84 Å². The average Bonchev–Trinajstić information content (AvgIpc) is 2.52. The lowest BCUT2D eigenvalue weighted by molar-refractivity contribution is -0.106. The SMILES string of the molecule is C1=c2ccccc2=NCN1OCCCN1CCCCC1. The van der Waals surface area contributed by atoms with Gasteiger partial charge in [0.05, 0.1) is 12.0 Å². The molecule has 0 N–H and O–H groups in total. The van der Waals surface area contributed by atoms with Gasteiger partial charge in [-0.2, -0.15) is 0 Å². The van der Waals surface area contributed by atoms with Crippen molar-refractivity contribution in [1.29, 1.82) is 0 Å². The van der Waals surface area contributed by atoms with E-state index in [1.54, 1.807) is 0 Å². The van der Waals surface area contributed by atoms with Gasteiger partial charge in [-0.1, -0.05) is 24.6 Å². The highest BCUT2D eigenvalue weighted by atomic mass is 16.7. The molecule has 3 rings (SSSR count). The summed E-state index contributed by atoms with van der Waals surface area (Å²) in [4.78, 5) is 12.8. The third kappa shape index (κ3) is 3.58. The molecule has 1 aromatic carbocycles.